The van der Waals surface area contributed by atoms with Crippen molar-refractivity contribution >= 4 is 0 Å². The summed E-state index contributed by atoms with van der Waals surface area (Å²) in [5.74, 6) is 0.164. The summed E-state index contributed by atoms with van der Waals surface area (Å²) < 4.78 is 25.0. The van der Waals surface area contributed by atoms with Gasteiger partial charge in [-0.15, -0.1) is 0 Å². The Morgan fingerprint density at radius 3 is 1.20 bits per heavy atom. The minimum Gasteiger partial charge on any atom is -0.258 e. The van der Waals surface area contributed by atoms with Crippen LogP contribution in [0.25, 0.3) is 0 Å². The smallest absolute Gasteiger partial charge is 0.258 e. The van der Waals surface area contributed by atoms with Crippen molar-refractivity contribution in [2.24, 2.45) is 0 Å². The Morgan fingerprint density at radius 2 is 0.891 bits per heavy atom. The molecule has 0 unspecified atom stereocenters. The third kappa shape index (κ3) is 18.2. The topological polar surface area (TPSA) is 129 Å². The Balaban J connectivity index is 0.000000289. The van der Waals surface area contributed by atoms with Gasteiger partial charge >= 0.3 is 0 Å². The van der Waals surface area contributed by atoms with E-state index in [1.54, 1.807) is 13.1 Å². The summed E-state index contributed by atoms with van der Waals surface area (Å²) >= 11 is 0. The Hall–Kier alpha value is -4.74. The SMILES string of the molecule is CCCc1cnc(C)nc1.CCc1cnc(C)cn1.Cc1cnc(C)nc1.Cc1cnc(C)nc1.Cc1ncc(C(C)(F)F)cn1. The number of rotatable bonds is 4. The highest BCUT2D eigenvalue weighted by molar-refractivity contribution is 5.10. The zero-order valence-corrected chi connectivity index (χ0v) is 28.6. The molecule has 0 amide bonds. The second-order valence-electron chi connectivity index (χ2n) is 10.4. The minimum atomic E-state index is -2.84. The van der Waals surface area contributed by atoms with Gasteiger partial charge in [-0.05, 0) is 78.0 Å². The Kier molecular flexibility index (Phi) is 18.0. The second kappa shape index (κ2) is 21.1. The van der Waals surface area contributed by atoms with Gasteiger partial charge in [0, 0.05) is 68.9 Å². The molecule has 0 bridgehead atoms. The maximum atomic E-state index is 12.5. The number of alkyl halides is 2. The monoisotopic (exact) mass is 632 g/mol. The van der Waals surface area contributed by atoms with Gasteiger partial charge in [0.2, 0.25) is 0 Å². The molecule has 0 atom stereocenters. The van der Waals surface area contributed by atoms with Crippen LogP contribution in [0.15, 0.2) is 62.0 Å². The van der Waals surface area contributed by atoms with E-state index in [0.717, 1.165) is 78.6 Å². The Morgan fingerprint density at radius 1 is 0.500 bits per heavy atom. The molecule has 0 aliphatic rings. The summed E-state index contributed by atoms with van der Waals surface area (Å²) in [5, 5.41) is 0. The zero-order chi connectivity index (χ0) is 34.5. The predicted molar refractivity (Wildman–Crippen MR) is 176 cm³/mol. The van der Waals surface area contributed by atoms with Crippen molar-refractivity contribution < 1.29 is 8.78 Å². The fourth-order valence-corrected chi connectivity index (χ4v) is 2.97. The number of aromatic nitrogens is 10. The maximum Gasteiger partial charge on any atom is 0.273 e. The first-order valence-corrected chi connectivity index (χ1v) is 15.0. The molecule has 46 heavy (non-hydrogen) atoms. The number of hydrogen-bond donors (Lipinski definition) is 0. The van der Waals surface area contributed by atoms with Gasteiger partial charge in [-0.3, -0.25) is 9.97 Å². The van der Waals surface area contributed by atoms with Gasteiger partial charge in [-0.1, -0.05) is 20.3 Å². The number of hydrogen-bond acceptors (Lipinski definition) is 10. The maximum absolute atomic E-state index is 12.5. The number of aryl methyl sites for hydroxylation is 9. The van der Waals surface area contributed by atoms with E-state index in [-0.39, 0.29) is 5.56 Å². The zero-order valence-electron chi connectivity index (χ0n) is 28.6. The van der Waals surface area contributed by atoms with Gasteiger partial charge in [0.15, 0.2) is 0 Å². The van der Waals surface area contributed by atoms with Crippen molar-refractivity contribution in [3.63, 3.8) is 0 Å². The Bertz CT molecular complexity index is 1400. The third-order valence-electron chi connectivity index (χ3n) is 5.68. The summed E-state index contributed by atoms with van der Waals surface area (Å²) in [6.07, 6.45) is 20.1. The first-order valence-electron chi connectivity index (χ1n) is 15.0. The largest absolute Gasteiger partial charge is 0.273 e. The molecule has 12 heteroatoms. The molecule has 0 spiro atoms. The molecule has 0 aliphatic carbocycles. The van der Waals surface area contributed by atoms with Crippen molar-refractivity contribution in [3.05, 3.63) is 119 Å². The van der Waals surface area contributed by atoms with E-state index < -0.39 is 5.92 Å². The standard InChI is InChI=1S/C8H12N2.C7H8F2N2.C7H10N2.2C6H8N2/c1-3-4-8-5-9-7(2)10-6-8;1-5-10-3-6(4-11-5)7(2,8)9;1-3-7-5-8-6(2)4-9-7;2*1-5-3-7-6(2)8-4-5/h5-6H,3-4H2,1-2H3;3-4H,1-2H3;4-5H,3H2,1-2H3;2*3-4H,1-2H3. The number of nitrogens with zero attached hydrogens (tertiary/aromatic N) is 10. The van der Waals surface area contributed by atoms with Crippen molar-refractivity contribution in [2.75, 3.05) is 0 Å². The first kappa shape index (κ1) is 39.3. The molecule has 5 rings (SSSR count). The summed E-state index contributed by atoms with van der Waals surface area (Å²) in [6, 6.07) is 0. The summed E-state index contributed by atoms with van der Waals surface area (Å²) in [4.78, 5) is 39.6. The molecule has 0 aliphatic heterocycles. The van der Waals surface area contributed by atoms with Crippen molar-refractivity contribution in [1.82, 2.24) is 49.8 Å². The molecule has 5 aromatic heterocycles. The average Bonchev–Trinajstić information content (AvgIpc) is 3.03. The third-order valence-corrected chi connectivity index (χ3v) is 5.68. The van der Waals surface area contributed by atoms with Crippen LogP contribution in [0.5, 0.6) is 0 Å². The van der Waals surface area contributed by atoms with Gasteiger partial charge in [0.1, 0.15) is 23.3 Å². The second-order valence-corrected chi connectivity index (χ2v) is 10.4. The summed E-state index contributed by atoms with van der Waals surface area (Å²) in [6.45, 7) is 18.2. The molecule has 5 aromatic rings. The van der Waals surface area contributed by atoms with Crippen molar-refractivity contribution in [3.8, 4) is 0 Å². The Labute approximate surface area is 271 Å². The lowest BCUT2D eigenvalue weighted by Gasteiger charge is -2.08. The molecule has 0 saturated carbocycles. The molecule has 5 heterocycles. The first-order chi connectivity index (χ1) is 21.7. The highest BCUT2D eigenvalue weighted by Crippen LogP contribution is 2.24. The highest BCUT2D eigenvalue weighted by atomic mass is 19.3. The molecule has 0 N–H and O–H groups in total. The molecule has 0 radical (unpaired) electrons. The molecular formula is C34H46F2N10. The van der Waals surface area contributed by atoms with Crippen LogP contribution in [0, 0.1) is 48.5 Å². The normalized spacial score (nSPS) is 10.0. The van der Waals surface area contributed by atoms with E-state index in [1.807, 2.05) is 84.9 Å². The van der Waals surface area contributed by atoms with Crippen LogP contribution >= 0.6 is 0 Å². The van der Waals surface area contributed by atoms with E-state index >= 15 is 0 Å². The molecule has 0 aromatic carbocycles. The van der Waals surface area contributed by atoms with Crippen molar-refractivity contribution in [1.29, 1.82) is 0 Å². The van der Waals surface area contributed by atoms with Crippen LogP contribution in [0.1, 0.15) is 84.1 Å². The molecule has 0 fully saturated rings. The van der Waals surface area contributed by atoms with E-state index in [0.29, 0.717) is 5.82 Å². The summed E-state index contributed by atoms with van der Waals surface area (Å²) in [5.41, 5.74) is 5.33. The van der Waals surface area contributed by atoms with E-state index in [1.165, 1.54) is 5.56 Å². The van der Waals surface area contributed by atoms with Crippen molar-refractivity contribution in [2.45, 2.75) is 94.4 Å². The predicted octanol–water partition coefficient (Wildman–Crippen LogP) is 7.17. The number of halogens is 2. The van der Waals surface area contributed by atoms with E-state index in [4.69, 9.17) is 0 Å². The highest BCUT2D eigenvalue weighted by Gasteiger charge is 2.24. The van der Waals surface area contributed by atoms with Crippen LogP contribution in [-0.4, -0.2) is 49.8 Å². The van der Waals surface area contributed by atoms with Gasteiger partial charge in [0.25, 0.3) is 5.92 Å². The van der Waals surface area contributed by atoms with Crippen LogP contribution < -0.4 is 0 Å². The fraction of sp³-hybridized carbons (Fsp3) is 0.412. The molecule has 10 nitrogen and oxygen atoms in total. The van der Waals surface area contributed by atoms with Gasteiger partial charge < -0.3 is 0 Å². The quantitative estimate of drug-likeness (QED) is 0.201. The molecular weight excluding hydrogens is 586 g/mol. The molecule has 0 saturated heterocycles. The van der Waals surface area contributed by atoms with E-state index in [9.17, 15) is 8.78 Å². The van der Waals surface area contributed by atoms with Crippen LogP contribution in [0.3, 0.4) is 0 Å². The lowest BCUT2D eigenvalue weighted by Crippen LogP contribution is -2.08. The fourth-order valence-electron chi connectivity index (χ4n) is 2.97. The average molecular weight is 633 g/mol. The molecule has 246 valence electrons. The summed E-state index contributed by atoms with van der Waals surface area (Å²) in [7, 11) is 0. The van der Waals surface area contributed by atoms with Crippen LogP contribution in [-0.2, 0) is 18.8 Å². The van der Waals surface area contributed by atoms with Gasteiger partial charge in [0.05, 0.1) is 17.0 Å². The van der Waals surface area contributed by atoms with Gasteiger partial charge in [-0.2, -0.15) is 0 Å². The van der Waals surface area contributed by atoms with Gasteiger partial charge in [-0.25, -0.2) is 48.7 Å². The lowest BCUT2D eigenvalue weighted by atomic mass is 10.2. The van der Waals surface area contributed by atoms with Crippen LogP contribution in [0.4, 0.5) is 8.78 Å². The van der Waals surface area contributed by atoms with Crippen LogP contribution in [0.2, 0.25) is 0 Å². The minimum absolute atomic E-state index is 0.150. The lowest BCUT2D eigenvalue weighted by molar-refractivity contribution is 0.0167. The van der Waals surface area contributed by atoms with E-state index in [2.05, 4.69) is 63.7 Å².